The number of halogens is 2. The van der Waals surface area contributed by atoms with E-state index in [-0.39, 0.29) is 36.3 Å². The molecule has 2 N–H and O–H groups in total. The first-order chi connectivity index (χ1) is 12.2. The lowest BCUT2D eigenvalue weighted by Crippen LogP contribution is -2.57. The van der Waals surface area contributed by atoms with Gasteiger partial charge in [0.1, 0.15) is 0 Å². The van der Waals surface area contributed by atoms with Gasteiger partial charge in [0.05, 0.1) is 6.10 Å². The molecule has 2 aliphatic heterocycles. The van der Waals surface area contributed by atoms with Crippen LogP contribution in [0, 0.1) is 5.92 Å². The van der Waals surface area contributed by atoms with Crippen molar-refractivity contribution >= 4 is 30.7 Å². The largest absolute Gasteiger partial charge is 0.381 e. The quantitative estimate of drug-likeness (QED) is 0.659. The normalized spacial score (nSPS) is 24.0. The van der Waals surface area contributed by atoms with Crippen LogP contribution in [0.5, 0.6) is 0 Å². The molecule has 1 saturated carbocycles. The standard InChI is InChI=1S/C20H37N3O2.2ClH/c1-25-18-8-14-23(15-9-18)20(10-2-3-11-20)16-22-19(24)5-4-17-6-12-21-13-7-17;;/h17-18,21H,2-16H2,1H3,(H,22,24);2*1H. The molecule has 7 heteroatoms. The number of rotatable bonds is 7. The van der Waals surface area contributed by atoms with Crippen LogP contribution in [0.15, 0.2) is 0 Å². The lowest BCUT2D eigenvalue weighted by atomic mass is 9.91. The number of likely N-dealkylation sites (tertiary alicyclic amines) is 1. The second kappa shape index (κ2) is 12.5. The summed E-state index contributed by atoms with van der Waals surface area (Å²) in [5, 5.41) is 6.70. The summed E-state index contributed by atoms with van der Waals surface area (Å²) >= 11 is 0. The number of nitrogens with zero attached hydrogens (tertiary/aromatic N) is 1. The molecule has 27 heavy (non-hydrogen) atoms. The highest BCUT2D eigenvalue weighted by Gasteiger charge is 2.41. The van der Waals surface area contributed by atoms with Crippen LogP contribution in [-0.4, -0.2) is 62.3 Å². The highest BCUT2D eigenvalue weighted by atomic mass is 35.5. The minimum Gasteiger partial charge on any atom is -0.381 e. The van der Waals surface area contributed by atoms with Gasteiger partial charge in [-0.3, -0.25) is 9.69 Å². The minimum atomic E-state index is 0. The Morgan fingerprint density at radius 2 is 1.74 bits per heavy atom. The van der Waals surface area contributed by atoms with Crippen molar-refractivity contribution in [3.8, 4) is 0 Å². The molecule has 0 atom stereocenters. The van der Waals surface area contributed by atoms with E-state index in [0.29, 0.717) is 12.5 Å². The van der Waals surface area contributed by atoms with E-state index < -0.39 is 0 Å². The lowest BCUT2D eigenvalue weighted by molar-refractivity contribution is -0.122. The molecular weight excluding hydrogens is 385 g/mol. The fourth-order valence-corrected chi connectivity index (χ4v) is 5.06. The van der Waals surface area contributed by atoms with Gasteiger partial charge in [0.25, 0.3) is 0 Å². The fourth-order valence-electron chi connectivity index (χ4n) is 5.06. The summed E-state index contributed by atoms with van der Waals surface area (Å²) in [6.07, 6.45) is 12.0. The molecule has 0 aromatic rings. The summed E-state index contributed by atoms with van der Waals surface area (Å²) in [7, 11) is 1.83. The molecule has 0 radical (unpaired) electrons. The predicted octanol–water partition coefficient (Wildman–Crippen LogP) is 3.15. The monoisotopic (exact) mass is 423 g/mol. The van der Waals surface area contributed by atoms with Crippen molar-refractivity contribution in [2.24, 2.45) is 5.92 Å². The summed E-state index contributed by atoms with van der Waals surface area (Å²) in [5.41, 5.74) is 0.211. The van der Waals surface area contributed by atoms with Crippen molar-refractivity contribution in [3.63, 3.8) is 0 Å². The van der Waals surface area contributed by atoms with Gasteiger partial charge >= 0.3 is 0 Å². The molecule has 3 aliphatic rings. The van der Waals surface area contributed by atoms with Gasteiger partial charge in [-0.2, -0.15) is 0 Å². The maximum absolute atomic E-state index is 12.4. The Balaban J connectivity index is 0.00000182. The maximum Gasteiger partial charge on any atom is 0.220 e. The molecule has 0 aromatic carbocycles. The minimum absolute atomic E-state index is 0. The Morgan fingerprint density at radius 3 is 2.33 bits per heavy atom. The first-order valence-corrected chi connectivity index (χ1v) is 10.5. The average Bonchev–Trinajstić information content (AvgIpc) is 3.16. The van der Waals surface area contributed by atoms with E-state index in [4.69, 9.17) is 4.74 Å². The lowest BCUT2D eigenvalue weighted by Gasteiger charge is -2.45. The van der Waals surface area contributed by atoms with Crippen LogP contribution in [0.1, 0.15) is 64.2 Å². The average molecular weight is 424 g/mol. The Kier molecular flexibility index (Phi) is 11.5. The smallest absolute Gasteiger partial charge is 0.220 e. The second-order valence-corrected chi connectivity index (χ2v) is 8.36. The van der Waals surface area contributed by atoms with Crippen LogP contribution in [-0.2, 0) is 9.53 Å². The van der Waals surface area contributed by atoms with Crippen LogP contribution >= 0.6 is 24.8 Å². The number of nitrogens with one attached hydrogen (secondary N) is 2. The van der Waals surface area contributed by atoms with E-state index in [1.165, 1.54) is 38.5 Å². The van der Waals surface area contributed by atoms with Crippen molar-refractivity contribution in [1.82, 2.24) is 15.5 Å². The van der Waals surface area contributed by atoms with Crippen molar-refractivity contribution in [2.45, 2.75) is 75.9 Å². The molecule has 160 valence electrons. The summed E-state index contributed by atoms with van der Waals surface area (Å²) < 4.78 is 5.52. The van der Waals surface area contributed by atoms with Gasteiger partial charge in [-0.25, -0.2) is 0 Å². The number of ether oxygens (including phenoxy) is 1. The Morgan fingerprint density at radius 1 is 1.11 bits per heavy atom. The van der Waals surface area contributed by atoms with Crippen LogP contribution in [0.3, 0.4) is 0 Å². The van der Waals surface area contributed by atoms with Gasteiger partial charge in [0.15, 0.2) is 0 Å². The molecule has 3 fully saturated rings. The molecule has 0 aromatic heterocycles. The van der Waals surface area contributed by atoms with E-state index in [9.17, 15) is 4.79 Å². The number of carbonyl (C=O) groups excluding carboxylic acids is 1. The molecule has 1 aliphatic carbocycles. The topological polar surface area (TPSA) is 53.6 Å². The van der Waals surface area contributed by atoms with Crippen molar-refractivity contribution < 1.29 is 9.53 Å². The molecule has 1 amide bonds. The molecule has 0 spiro atoms. The zero-order valence-corrected chi connectivity index (χ0v) is 18.5. The van der Waals surface area contributed by atoms with Crippen LogP contribution < -0.4 is 10.6 Å². The third kappa shape index (κ3) is 7.04. The van der Waals surface area contributed by atoms with Crippen molar-refractivity contribution in [1.29, 1.82) is 0 Å². The predicted molar refractivity (Wildman–Crippen MR) is 115 cm³/mol. The molecule has 2 saturated heterocycles. The van der Waals surface area contributed by atoms with E-state index in [2.05, 4.69) is 15.5 Å². The third-order valence-electron chi connectivity index (χ3n) is 6.83. The molecule has 5 nitrogen and oxygen atoms in total. The Hall–Kier alpha value is -0.0700. The van der Waals surface area contributed by atoms with Crippen molar-refractivity contribution in [2.75, 3.05) is 39.8 Å². The summed E-state index contributed by atoms with van der Waals surface area (Å²) in [4.78, 5) is 15.1. The van der Waals surface area contributed by atoms with E-state index >= 15 is 0 Å². The van der Waals surface area contributed by atoms with Gasteiger partial charge < -0.3 is 15.4 Å². The SMILES string of the molecule is COC1CCN(C2(CNC(=O)CCC3CCNCC3)CCCC2)CC1.Cl.Cl. The third-order valence-corrected chi connectivity index (χ3v) is 6.83. The maximum atomic E-state index is 12.4. The highest BCUT2D eigenvalue weighted by molar-refractivity contribution is 5.85. The Labute approximate surface area is 177 Å². The Bertz CT molecular complexity index is 419. The van der Waals surface area contributed by atoms with Gasteiger partial charge in [0, 0.05) is 38.7 Å². The van der Waals surface area contributed by atoms with E-state index in [1.807, 2.05) is 7.11 Å². The first kappa shape index (κ1) is 25.0. The summed E-state index contributed by atoms with van der Waals surface area (Å²) in [6.45, 7) is 5.31. The van der Waals surface area contributed by atoms with Crippen LogP contribution in [0.4, 0.5) is 0 Å². The van der Waals surface area contributed by atoms with Crippen LogP contribution in [0.2, 0.25) is 0 Å². The van der Waals surface area contributed by atoms with Crippen molar-refractivity contribution in [3.05, 3.63) is 0 Å². The number of carbonyl (C=O) groups is 1. The molecule has 3 rings (SSSR count). The molecule has 0 unspecified atom stereocenters. The molecule has 0 bridgehead atoms. The first-order valence-electron chi connectivity index (χ1n) is 10.5. The molecule has 2 heterocycles. The van der Waals surface area contributed by atoms with E-state index in [1.54, 1.807) is 0 Å². The number of hydrogen-bond donors (Lipinski definition) is 2. The van der Waals surface area contributed by atoms with Crippen LogP contribution in [0.25, 0.3) is 0 Å². The summed E-state index contributed by atoms with van der Waals surface area (Å²) in [6, 6.07) is 0. The second-order valence-electron chi connectivity index (χ2n) is 8.36. The zero-order valence-electron chi connectivity index (χ0n) is 16.8. The van der Waals surface area contributed by atoms with Gasteiger partial charge in [-0.15, -0.1) is 24.8 Å². The van der Waals surface area contributed by atoms with Gasteiger partial charge in [-0.05, 0) is 64.0 Å². The number of hydrogen-bond acceptors (Lipinski definition) is 4. The fraction of sp³-hybridized carbons (Fsp3) is 0.950. The number of methoxy groups -OCH3 is 1. The van der Waals surface area contributed by atoms with Gasteiger partial charge in [-0.1, -0.05) is 12.8 Å². The number of piperidine rings is 2. The highest BCUT2D eigenvalue weighted by Crippen LogP contribution is 2.36. The van der Waals surface area contributed by atoms with E-state index in [0.717, 1.165) is 57.9 Å². The van der Waals surface area contributed by atoms with Gasteiger partial charge in [0.2, 0.25) is 5.91 Å². The summed E-state index contributed by atoms with van der Waals surface area (Å²) in [5.74, 6) is 0.997. The zero-order chi connectivity index (χ0) is 17.5. The number of amides is 1. The molecular formula is C20H39Cl2N3O2.